The molecule has 0 fully saturated rings. The van der Waals surface area contributed by atoms with E-state index in [0.29, 0.717) is 21.6 Å². The van der Waals surface area contributed by atoms with Crippen LogP contribution in [0.5, 0.6) is 0 Å². The molecule has 0 spiro atoms. The Bertz CT molecular complexity index is 835. The Balaban J connectivity index is 2.20. The maximum atomic E-state index is 11.2. The van der Waals surface area contributed by atoms with E-state index in [1.807, 2.05) is 12.1 Å². The zero-order chi connectivity index (χ0) is 14.4. The number of carboxylic acids is 1. The highest BCUT2D eigenvalue weighted by Crippen LogP contribution is 2.32. The molecule has 102 valence electrons. The van der Waals surface area contributed by atoms with Gasteiger partial charge in [0.2, 0.25) is 0 Å². The van der Waals surface area contributed by atoms with Gasteiger partial charge in [-0.15, -0.1) is 0 Å². The lowest BCUT2D eigenvalue weighted by Gasteiger charge is -1.97. The summed E-state index contributed by atoms with van der Waals surface area (Å²) in [6.45, 7) is 1.78. The van der Waals surface area contributed by atoms with Gasteiger partial charge in [0, 0.05) is 19.5 Å². The summed E-state index contributed by atoms with van der Waals surface area (Å²) in [6.07, 6.45) is 0. The summed E-state index contributed by atoms with van der Waals surface area (Å²) >= 11 is 3.30. The van der Waals surface area contributed by atoms with Crippen LogP contribution >= 0.6 is 15.9 Å². The van der Waals surface area contributed by atoms with Crippen molar-refractivity contribution >= 4 is 33.0 Å². The predicted molar refractivity (Wildman–Crippen MR) is 75.6 cm³/mol. The SMILES string of the molecule is Cc1nc2ccc(-c3nn(C)c(C(=O)O)c3Br)cc2o1. The first-order valence-corrected chi connectivity index (χ1v) is 6.60. The van der Waals surface area contributed by atoms with Crippen LogP contribution in [0.25, 0.3) is 22.4 Å². The van der Waals surface area contributed by atoms with E-state index < -0.39 is 5.97 Å². The van der Waals surface area contributed by atoms with Crippen molar-refractivity contribution in [2.75, 3.05) is 0 Å². The number of carbonyl (C=O) groups is 1. The van der Waals surface area contributed by atoms with Gasteiger partial charge in [0.25, 0.3) is 0 Å². The number of hydrogen-bond donors (Lipinski definition) is 1. The third-order valence-electron chi connectivity index (χ3n) is 2.96. The number of rotatable bonds is 2. The van der Waals surface area contributed by atoms with Crippen molar-refractivity contribution in [3.63, 3.8) is 0 Å². The summed E-state index contributed by atoms with van der Waals surface area (Å²) in [4.78, 5) is 15.4. The number of aryl methyl sites for hydroxylation is 2. The monoisotopic (exact) mass is 335 g/mol. The third-order valence-corrected chi connectivity index (χ3v) is 3.71. The average molecular weight is 336 g/mol. The van der Waals surface area contributed by atoms with E-state index in [0.717, 1.165) is 11.1 Å². The van der Waals surface area contributed by atoms with Crippen LogP contribution < -0.4 is 0 Å². The zero-order valence-corrected chi connectivity index (χ0v) is 12.3. The van der Waals surface area contributed by atoms with Crippen LogP contribution in [-0.2, 0) is 7.05 Å². The van der Waals surface area contributed by atoms with E-state index in [1.165, 1.54) is 4.68 Å². The van der Waals surface area contributed by atoms with Crippen molar-refractivity contribution in [2.45, 2.75) is 6.92 Å². The predicted octanol–water partition coefficient (Wildman–Crippen LogP) is 3.00. The third kappa shape index (κ3) is 1.90. The molecule has 3 aromatic rings. The summed E-state index contributed by atoms with van der Waals surface area (Å²) in [5.41, 5.74) is 2.84. The molecule has 0 radical (unpaired) electrons. The Labute approximate surface area is 122 Å². The molecule has 3 rings (SSSR count). The second-order valence-corrected chi connectivity index (χ2v) is 5.15. The molecule has 0 aliphatic rings. The normalized spacial score (nSPS) is 11.2. The molecule has 20 heavy (non-hydrogen) atoms. The van der Waals surface area contributed by atoms with Gasteiger partial charge in [-0.25, -0.2) is 9.78 Å². The molecule has 7 heteroatoms. The Hall–Kier alpha value is -2.15. The quantitative estimate of drug-likeness (QED) is 0.778. The second kappa shape index (κ2) is 4.45. The van der Waals surface area contributed by atoms with Crippen molar-refractivity contribution in [1.82, 2.24) is 14.8 Å². The fourth-order valence-corrected chi connectivity index (χ4v) is 2.84. The first-order valence-electron chi connectivity index (χ1n) is 5.80. The number of fused-ring (bicyclic) bond motifs is 1. The number of halogens is 1. The number of aromatic nitrogens is 3. The van der Waals surface area contributed by atoms with Crippen LogP contribution in [0.3, 0.4) is 0 Å². The fraction of sp³-hybridized carbons (Fsp3) is 0.154. The molecular formula is C13H10BrN3O3. The largest absolute Gasteiger partial charge is 0.476 e. The molecule has 0 aliphatic heterocycles. The summed E-state index contributed by atoms with van der Waals surface area (Å²) in [5, 5.41) is 13.4. The molecule has 0 aliphatic carbocycles. The minimum Gasteiger partial charge on any atom is -0.476 e. The maximum Gasteiger partial charge on any atom is 0.355 e. The molecule has 1 N–H and O–H groups in total. The molecule has 0 atom stereocenters. The van der Waals surface area contributed by atoms with E-state index >= 15 is 0 Å². The first kappa shape index (κ1) is 12.9. The minimum atomic E-state index is -1.03. The van der Waals surface area contributed by atoms with Gasteiger partial charge in [0.1, 0.15) is 11.2 Å². The van der Waals surface area contributed by atoms with E-state index in [1.54, 1.807) is 20.0 Å². The topological polar surface area (TPSA) is 81.2 Å². The lowest BCUT2D eigenvalue weighted by atomic mass is 10.1. The average Bonchev–Trinajstić information content (AvgIpc) is 2.87. The molecule has 0 unspecified atom stereocenters. The Kier molecular flexibility index (Phi) is 2.86. The standard InChI is InChI=1S/C13H10BrN3O3/c1-6-15-8-4-3-7(5-9(8)20-6)11-10(14)12(13(18)19)17(2)16-11/h3-5H,1-2H3,(H,18,19). The molecule has 2 heterocycles. The summed E-state index contributed by atoms with van der Waals surface area (Å²) < 4.78 is 7.26. The van der Waals surface area contributed by atoms with Crippen LogP contribution in [0.1, 0.15) is 16.4 Å². The molecule has 2 aromatic heterocycles. The van der Waals surface area contributed by atoms with Crippen molar-refractivity contribution in [3.05, 3.63) is 34.3 Å². The smallest absolute Gasteiger partial charge is 0.355 e. The molecular weight excluding hydrogens is 326 g/mol. The van der Waals surface area contributed by atoms with Crippen LogP contribution in [0.2, 0.25) is 0 Å². The van der Waals surface area contributed by atoms with Gasteiger partial charge in [-0.1, -0.05) is 6.07 Å². The molecule has 0 bridgehead atoms. The van der Waals surface area contributed by atoms with E-state index in [9.17, 15) is 4.79 Å². The molecule has 0 saturated carbocycles. The number of benzene rings is 1. The first-order chi connectivity index (χ1) is 9.47. The van der Waals surface area contributed by atoms with Gasteiger partial charge < -0.3 is 9.52 Å². The van der Waals surface area contributed by atoms with E-state index in [-0.39, 0.29) is 5.69 Å². The lowest BCUT2D eigenvalue weighted by molar-refractivity contribution is 0.0684. The van der Waals surface area contributed by atoms with Gasteiger partial charge in [-0.3, -0.25) is 4.68 Å². The minimum absolute atomic E-state index is 0.105. The maximum absolute atomic E-state index is 11.2. The van der Waals surface area contributed by atoms with Gasteiger partial charge in [-0.2, -0.15) is 5.10 Å². The van der Waals surface area contributed by atoms with Crippen LogP contribution in [0.4, 0.5) is 0 Å². The number of aromatic carboxylic acids is 1. The highest BCUT2D eigenvalue weighted by molar-refractivity contribution is 9.10. The van der Waals surface area contributed by atoms with Gasteiger partial charge in [0.15, 0.2) is 17.2 Å². The molecule has 0 saturated heterocycles. The van der Waals surface area contributed by atoms with Gasteiger partial charge >= 0.3 is 5.97 Å². The van der Waals surface area contributed by atoms with Crippen LogP contribution in [0.15, 0.2) is 27.1 Å². The summed E-state index contributed by atoms with van der Waals surface area (Å²) in [6, 6.07) is 5.46. The Morgan fingerprint density at radius 1 is 1.45 bits per heavy atom. The van der Waals surface area contributed by atoms with Gasteiger partial charge in [0.05, 0.1) is 4.47 Å². The van der Waals surface area contributed by atoms with E-state index in [2.05, 4.69) is 26.0 Å². The number of nitrogens with zero attached hydrogens (tertiary/aromatic N) is 3. The Morgan fingerprint density at radius 2 is 2.20 bits per heavy atom. The van der Waals surface area contributed by atoms with Crippen LogP contribution in [0, 0.1) is 6.92 Å². The van der Waals surface area contributed by atoms with Crippen LogP contribution in [-0.4, -0.2) is 25.8 Å². The molecule has 1 aromatic carbocycles. The van der Waals surface area contributed by atoms with Crippen molar-refractivity contribution in [2.24, 2.45) is 7.05 Å². The Morgan fingerprint density at radius 3 is 2.85 bits per heavy atom. The number of carboxylic acid groups (broad SMARTS) is 1. The zero-order valence-electron chi connectivity index (χ0n) is 10.7. The molecule has 0 amide bonds. The number of oxazole rings is 1. The summed E-state index contributed by atoms with van der Waals surface area (Å²) in [7, 11) is 1.59. The van der Waals surface area contributed by atoms with Gasteiger partial charge in [-0.05, 0) is 28.1 Å². The highest BCUT2D eigenvalue weighted by Gasteiger charge is 2.21. The number of hydrogen-bond acceptors (Lipinski definition) is 4. The fourth-order valence-electron chi connectivity index (χ4n) is 2.10. The van der Waals surface area contributed by atoms with E-state index in [4.69, 9.17) is 9.52 Å². The summed E-state index contributed by atoms with van der Waals surface area (Å²) in [5.74, 6) is -0.446. The molecule has 6 nitrogen and oxygen atoms in total. The van der Waals surface area contributed by atoms with Crippen molar-refractivity contribution < 1.29 is 14.3 Å². The lowest BCUT2D eigenvalue weighted by Crippen LogP contribution is -2.05. The second-order valence-electron chi connectivity index (χ2n) is 4.36. The highest BCUT2D eigenvalue weighted by atomic mass is 79.9. The van der Waals surface area contributed by atoms with Crippen molar-refractivity contribution in [3.8, 4) is 11.3 Å². The van der Waals surface area contributed by atoms with Crippen molar-refractivity contribution in [1.29, 1.82) is 0 Å².